The topological polar surface area (TPSA) is 56.8 Å². The smallest absolute Gasteiger partial charge is 0.444 e. The molecule has 1 aliphatic rings. The molecule has 1 saturated heterocycles. The molecule has 0 radical (unpaired) electrons. The lowest BCUT2D eigenvalue weighted by molar-refractivity contribution is 0.0636. The van der Waals surface area contributed by atoms with Crippen molar-refractivity contribution in [2.24, 2.45) is 0 Å². The third-order valence-corrected chi connectivity index (χ3v) is 2.45. The second-order valence-corrected chi connectivity index (χ2v) is 5.32. The third-order valence-electron chi connectivity index (χ3n) is 2.45. The van der Waals surface area contributed by atoms with E-state index in [1.54, 1.807) is 12.1 Å². The highest BCUT2D eigenvalue weighted by molar-refractivity contribution is 6.61. The van der Waals surface area contributed by atoms with Gasteiger partial charge in [-0.1, -0.05) is 12.1 Å². The monoisotopic (exact) mass is 263 g/mol. The van der Waals surface area contributed by atoms with Crippen molar-refractivity contribution in [2.75, 3.05) is 18.5 Å². The average Bonchev–Trinajstić information content (AvgIpc) is 2.80. The van der Waals surface area contributed by atoms with E-state index < -0.39 is 11.7 Å². The predicted octanol–water partition coefficient (Wildman–Crippen LogP) is 1.78. The summed E-state index contributed by atoms with van der Waals surface area (Å²) >= 11 is 0. The van der Waals surface area contributed by atoms with E-state index in [1.807, 2.05) is 32.9 Å². The van der Waals surface area contributed by atoms with Crippen LogP contribution in [-0.2, 0) is 14.0 Å². The summed E-state index contributed by atoms with van der Waals surface area (Å²) in [5, 5.41) is 2.67. The SMILES string of the molecule is CC(C)(C)OC(=O)Nc1ccc(B2OCCO2)cc1. The lowest BCUT2D eigenvalue weighted by Crippen LogP contribution is -2.31. The molecule has 1 N–H and O–H groups in total. The van der Waals surface area contributed by atoms with Gasteiger partial charge < -0.3 is 14.0 Å². The number of rotatable bonds is 2. The molecule has 1 fully saturated rings. The summed E-state index contributed by atoms with van der Waals surface area (Å²) < 4.78 is 16.0. The van der Waals surface area contributed by atoms with Crippen LogP contribution in [0.3, 0.4) is 0 Å². The Bertz CT molecular complexity index is 435. The summed E-state index contributed by atoms with van der Waals surface area (Å²) in [6, 6.07) is 7.32. The Labute approximate surface area is 113 Å². The number of amides is 1. The molecule has 1 aromatic rings. The molecule has 6 heteroatoms. The van der Waals surface area contributed by atoms with E-state index >= 15 is 0 Å². The molecule has 0 aromatic heterocycles. The molecular formula is C13H18BNO4. The molecular weight excluding hydrogens is 245 g/mol. The van der Waals surface area contributed by atoms with Gasteiger partial charge in [-0.05, 0) is 38.4 Å². The second kappa shape index (κ2) is 5.63. The van der Waals surface area contributed by atoms with Crippen LogP contribution < -0.4 is 10.8 Å². The molecule has 0 aliphatic carbocycles. The van der Waals surface area contributed by atoms with Gasteiger partial charge in [-0.25, -0.2) is 4.79 Å². The maximum Gasteiger partial charge on any atom is 0.494 e. The average molecular weight is 263 g/mol. The van der Waals surface area contributed by atoms with E-state index in [2.05, 4.69) is 5.32 Å². The van der Waals surface area contributed by atoms with Crippen molar-refractivity contribution >= 4 is 24.4 Å². The summed E-state index contributed by atoms with van der Waals surface area (Å²) in [7, 11) is -0.296. The van der Waals surface area contributed by atoms with E-state index in [1.165, 1.54) is 0 Å². The van der Waals surface area contributed by atoms with Gasteiger partial charge in [-0.15, -0.1) is 0 Å². The number of hydrogen-bond donors (Lipinski definition) is 1. The summed E-state index contributed by atoms with van der Waals surface area (Å²) in [4.78, 5) is 11.6. The van der Waals surface area contributed by atoms with Crippen LogP contribution in [-0.4, -0.2) is 32.0 Å². The first kappa shape index (κ1) is 13.9. The van der Waals surface area contributed by atoms with Crippen molar-refractivity contribution < 1.29 is 18.8 Å². The summed E-state index contributed by atoms with van der Waals surface area (Å²) in [5.41, 5.74) is 1.11. The second-order valence-electron chi connectivity index (χ2n) is 5.32. The minimum atomic E-state index is -0.504. The van der Waals surface area contributed by atoms with E-state index in [0.717, 1.165) is 5.46 Å². The molecule has 19 heavy (non-hydrogen) atoms. The van der Waals surface area contributed by atoms with E-state index in [9.17, 15) is 4.79 Å². The van der Waals surface area contributed by atoms with Crippen molar-refractivity contribution in [3.05, 3.63) is 24.3 Å². The van der Waals surface area contributed by atoms with E-state index in [4.69, 9.17) is 14.0 Å². The van der Waals surface area contributed by atoms with Gasteiger partial charge in [0.15, 0.2) is 0 Å². The third kappa shape index (κ3) is 4.26. The quantitative estimate of drug-likeness (QED) is 0.826. The zero-order valence-corrected chi connectivity index (χ0v) is 11.4. The lowest BCUT2D eigenvalue weighted by Gasteiger charge is -2.19. The fraction of sp³-hybridized carbons (Fsp3) is 0.462. The standard InChI is InChI=1S/C13H18BNO4/c1-13(2,3)19-12(16)15-11-6-4-10(5-7-11)14-17-8-9-18-14/h4-7H,8-9H2,1-3H3,(H,15,16). The zero-order valence-electron chi connectivity index (χ0n) is 11.4. The van der Waals surface area contributed by atoms with Crippen LogP contribution in [0.2, 0.25) is 0 Å². The molecule has 2 rings (SSSR count). The first-order chi connectivity index (χ1) is 8.94. The van der Waals surface area contributed by atoms with Crippen LogP contribution in [0.25, 0.3) is 0 Å². The Morgan fingerprint density at radius 3 is 2.32 bits per heavy atom. The molecule has 0 spiro atoms. The minimum absolute atomic E-state index is 0.296. The maximum absolute atomic E-state index is 11.6. The van der Waals surface area contributed by atoms with Gasteiger partial charge in [-0.2, -0.15) is 0 Å². The maximum atomic E-state index is 11.6. The molecule has 0 unspecified atom stereocenters. The molecule has 102 valence electrons. The molecule has 1 aromatic carbocycles. The van der Waals surface area contributed by atoms with E-state index in [-0.39, 0.29) is 7.12 Å². The first-order valence-corrected chi connectivity index (χ1v) is 6.27. The summed E-state index contributed by atoms with van der Waals surface area (Å²) in [6.45, 7) is 6.70. The molecule has 0 bridgehead atoms. The number of hydrogen-bond acceptors (Lipinski definition) is 4. The number of ether oxygens (including phenoxy) is 1. The van der Waals surface area contributed by atoms with Gasteiger partial charge in [0.05, 0.1) is 13.2 Å². The Morgan fingerprint density at radius 2 is 1.79 bits per heavy atom. The summed E-state index contributed by atoms with van der Waals surface area (Å²) in [5.74, 6) is 0. The van der Waals surface area contributed by atoms with Crippen LogP contribution in [0.15, 0.2) is 24.3 Å². The Hall–Kier alpha value is -1.53. The van der Waals surface area contributed by atoms with Crippen LogP contribution >= 0.6 is 0 Å². The van der Waals surface area contributed by atoms with Crippen LogP contribution in [0.1, 0.15) is 20.8 Å². The van der Waals surface area contributed by atoms with Crippen LogP contribution in [0, 0.1) is 0 Å². The summed E-state index contributed by atoms with van der Waals surface area (Å²) in [6.07, 6.45) is -0.464. The minimum Gasteiger partial charge on any atom is -0.444 e. The van der Waals surface area contributed by atoms with Crippen molar-refractivity contribution in [3.63, 3.8) is 0 Å². The highest BCUT2D eigenvalue weighted by Gasteiger charge is 2.25. The number of nitrogens with one attached hydrogen (secondary N) is 1. The van der Waals surface area contributed by atoms with Gasteiger partial charge in [-0.3, -0.25) is 5.32 Å². The van der Waals surface area contributed by atoms with Crippen molar-refractivity contribution in [2.45, 2.75) is 26.4 Å². The van der Waals surface area contributed by atoms with Crippen LogP contribution in [0.4, 0.5) is 10.5 Å². The Morgan fingerprint density at radius 1 is 1.21 bits per heavy atom. The van der Waals surface area contributed by atoms with Crippen molar-refractivity contribution in [3.8, 4) is 0 Å². The highest BCUT2D eigenvalue weighted by atomic mass is 16.6. The molecule has 5 nitrogen and oxygen atoms in total. The number of benzene rings is 1. The van der Waals surface area contributed by atoms with Gasteiger partial charge in [0.25, 0.3) is 0 Å². The Balaban J connectivity index is 1.93. The fourth-order valence-electron chi connectivity index (χ4n) is 1.70. The first-order valence-electron chi connectivity index (χ1n) is 6.27. The lowest BCUT2D eigenvalue weighted by atomic mass is 9.79. The Kier molecular flexibility index (Phi) is 4.12. The number of carbonyl (C=O) groups excluding carboxylic acids is 1. The zero-order chi connectivity index (χ0) is 13.9. The highest BCUT2D eigenvalue weighted by Crippen LogP contribution is 2.11. The molecule has 0 atom stereocenters. The number of anilines is 1. The van der Waals surface area contributed by atoms with E-state index in [0.29, 0.717) is 18.9 Å². The van der Waals surface area contributed by atoms with Crippen molar-refractivity contribution in [1.29, 1.82) is 0 Å². The predicted molar refractivity (Wildman–Crippen MR) is 73.6 cm³/mol. The normalized spacial score (nSPS) is 15.4. The molecule has 1 amide bonds. The van der Waals surface area contributed by atoms with Crippen LogP contribution in [0.5, 0.6) is 0 Å². The van der Waals surface area contributed by atoms with Gasteiger partial charge in [0, 0.05) is 5.69 Å². The van der Waals surface area contributed by atoms with Gasteiger partial charge in [0.2, 0.25) is 0 Å². The largest absolute Gasteiger partial charge is 0.494 e. The van der Waals surface area contributed by atoms with Gasteiger partial charge in [0.1, 0.15) is 5.60 Å². The molecule has 1 aliphatic heterocycles. The molecule has 1 heterocycles. The fourth-order valence-corrected chi connectivity index (χ4v) is 1.70. The number of carbonyl (C=O) groups is 1. The van der Waals surface area contributed by atoms with Crippen molar-refractivity contribution in [1.82, 2.24) is 0 Å². The molecule has 0 saturated carbocycles. The van der Waals surface area contributed by atoms with Gasteiger partial charge >= 0.3 is 13.2 Å².